The van der Waals surface area contributed by atoms with Crippen molar-refractivity contribution in [2.75, 3.05) is 19.7 Å². The topological polar surface area (TPSA) is 63.7 Å². The van der Waals surface area contributed by atoms with Crippen molar-refractivity contribution < 1.29 is 14.0 Å². The van der Waals surface area contributed by atoms with E-state index < -0.39 is 0 Å². The average Bonchev–Trinajstić information content (AvgIpc) is 3.27. The summed E-state index contributed by atoms with van der Waals surface area (Å²) >= 11 is 0. The number of carbonyl (C=O) groups is 1. The zero-order valence-corrected chi connectivity index (χ0v) is 13.6. The Morgan fingerprint density at radius 1 is 1.33 bits per heavy atom. The summed E-state index contributed by atoms with van der Waals surface area (Å²) in [6, 6.07) is 5.92. The smallest absolute Gasteiger partial charge is 0.248 e. The first-order chi connectivity index (χ1) is 11.8. The summed E-state index contributed by atoms with van der Waals surface area (Å²) in [6.07, 6.45) is 5.93. The van der Waals surface area contributed by atoms with Crippen molar-refractivity contribution >= 4 is 5.91 Å². The van der Waals surface area contributed by atoms with Crippen LogP contribution in [0.4, 0.5) is 0 Å². The highest BCUT2D eigenvalue weighted by Crippen LogP contribution is 2.25. The molecule has 128 valence electrons. The van der Waals surface area contributed by atoms with E-state index in [0.29, 0.717) is 19.6 Å². The van der Waals surface area contributed by atoms with E-state index in [0.717, 1.165) is 43.9 Å². The molecule has 0 aromatic carbocycles. The van der Waals surface area contributed by atoms with E-state index >= 15 is 0 Å². The van der Waals surface area contributed by atoms with E-state index in [1.54, 1.807) is 12.5 Å². The maximum atomic E-state index is 12.5. The highest BCUT2D eigenvalue weighted by molar-refractivity contribution is 5.75. The Morgan fingerprint density at radius 3 is 3.08 bits per heavy atom. The molecule has 24 heavy (non-hydrogen) atoms. The molecule has 4 rings (SSSR count). The molecule has 2 aliphatic heterocycles. The molecule has 1 amide bonds. The number of aromatic nitrogens is 2. The molecule has 0 radical (unpaired) electrons. The Labute approximate surface area is 140 Å². The number of furan rings is 1. The molecule has 1 atom stereocenters. The van der Waals surface area contributed by atoms with E-state index in [4.69, 9.17) is 9.25 Å². The molecule has 2 aromatic heterocycles. The van der Waals surface area contributed by atoms with Gasteiger partial charge in [-0.25, -0.2) is 5.06 Å². The summed E-state index contributed by atoms with van der Waals surface area (Å²) in [7, 11) is 0. The van der Waals surface area contributed by atoms with Gasteiger partial charge in [0.25, 0.3) is 0 Å². The van der Waals surface area contributed by atoms with E-state index in [2.05, 4.69) is 10.00 Å². The number of hydroxylamine groups is 2. The van der Waals surface area contributed by atoms with Crippen molar-refractivity contribution in [3.8, 4) is 0 Å². The number of amides is 1. The van der Waals surface area contributed by atoms with Gasteiger partial charge in [0.15, 0.2) is 0 Å². The summed E-state index contributed by atoms with van der Waals surface area (Å²) in [5, 5.41) is 5.95. The van der Waals surface area contributed by atoms with Crippen LogP contribution in [0.2, 0.25) is 0 Å². The summed E-state index contributed by atoms with van der Waals surface area (Å²) in [6.45, 7) is 3.64. The van der Waals surface area contributed by atoms with Crippen LogP contribution in [-0.2, 0) is 22.7 Å². The number of hydrogen-bond donors (Lipinski definition) is 0. The van der Waals surface area contributed by atoms with Gasteiger partial charge in [-0.3, -0.25) is 19.2 Å². The monoisotopic (exact) mass is 330 g/mol. The van der Waals surface area contributed by atoms with Gasteiger partial charge in [0.1, 0.15) is 5.76 Å². The number of fused-ring (bicyclic) bond motifs is 1. The van der Waals surface area contributed by atoms with Crippen LogP contribution in [0.3, 0.4) is 0 Å². The summed E-state index contributed by atoms with van der Waals surface area (Å²) < 4.78 is 7.44. The third-order valence-corrected chi connectivity index (χ3v) is 4.60. The van der Waals surface area contributed by atoms with Crippen LogP contribution < -0.4 is 0 Å². The SMILES string of the molecule is O=C(CC1CN(Cc2ccco2)Cc2ccnn21)N1CCCCO1. The molecule has 1 fully saturated rings. The van der Waals surface area contributed by atoms with Crippen LogP contribution in [-0.4, -0.2) is 45.3 Å². The van der Waals surface area contributed by atoms with Gasteiger partial charge >= 0.3 is 0 Å². The number of nitrogens with zero attached hydrogens (tertiary/aromatic N) is 4. The largest absolute Gasteiger partial charge is 0.468 e. The average molecular weight is 330 g/mol. The quantitative estimate of drug-likeness (QED) is 0.858. The summed E-state index contributed by atoms with van der Waals surface area (Å²) in [5.41, 5.74) is 1.13. The van der Waals surface area contributed by atoms with Crippen molar-refractivity contribution in [2.45, 2.75) is 38.4 Å². The Morgan fingerprint density at radius 2 is 2.29 bits per heavy atom. The van der Waals surface area contributed by atoms with E-state index in [-0.39, 0.29) is 11.9 Å². The minimum absolute atomic E-state index is 0.0248. The molecule has 7 heteroatoms. The molecule has 0 saturated carbocycles. The van der Waals surface area contributed by atoms with Gasteiger partial charge in [-0.15, -0.1) is 0 Å². The maximum Gasteiger partial charge on any atom is 0.248 e. The Kier molecular flexibility index (Phi) is 4.36. The molecule has 0 bridgehead atoms. The van der Waals surface area contributed by atoms with Gasteiger partial charge in [-0.05, 0) is 31.0 Å². The zero-order chi connectivity index (χ0) is 16.4. The Balaban J connectivity index is 1.46. The van der Waals surface area contributed by atoms with Crippen molar-refractivity contribution in [1.82, 2.24) is 19.7 Å². The second-order valence-electron chi connectivity index (χ2n) is 6.41. The van der Waals surface area contributed by atoms with Crippen LogP contribution in [0.25, 0.3) is 0 Å². The zero-order valence-electron chi connectivity index (χ0n) is 13.6. The van der Waals surface area contributed by atoms with Crippen molar-refractivity contribution in [1.29, 1.82) is 0 Å². The molecule has 0 spiro atoms. The third kappa shape index (κ3) is 3.22. The highest BCUT2D eigenvalue weighted by atomic mass is 16.7. The predicted molar refractivity (Wildman–Crippen MR) is 85.6 cm³/mol. The van der Waals surface area contributed by atoms with Gasteiger partial charge in [-0.1, -0.05) is 0 Å². The summed E-state index contributed by atoms with van der Waals surface area (Å²) in [4.78, 5) is 20.3. The van der Waals surface area contributed by atoms with Gasteiger partial charge in [-0.2, -0.15) is 5.10 Å². The molecule has 0 aliphatic carbocycles. The second kappa shape index (κ2) is 6.78. The lowest BCUT2D eigenvalue weighted by molar-refractivity contribution is -0.198. The molecule has 1 saturated heterocycles. The lowest BCUT2D eigenvalue weighted by Gasteiger charge is -2.34. The van der Waals surface area contributed by atoms with Crippen LogP contribution in [0.15, 0.2) is 35.1 Å². The molecule has 2 aromatic rings. The van der Waals surface area contributed by atoms with Gasteiger partial charge in [0.05, 0.1) is 37.6 Å². The lowest BCUT2D eigenvalue weighted by atomic mass is 10.1. The first-order valence-electron chi connectivity index (χ1n) is 8.50. The van der Waals surface area contributed by atoms with Crippen molar-refractivity contribution in [3.63, 3.8) is 0 Å². The van der Waals surface area contributed by atoms with E-state index in [9.17, 15) is 4.79 Å². The van der Waals surface area contributed by atoms with Crippen molar-refractivity contribution in [2.24, 2.45) is 0 Å². The molecular formula is C17H22N4O3. The van der Waals surface area contributed by atoms with Crippen LogP contribution in [0, 0.1) is 0 Å². The molecule has 0 N–H and O–H groups in total. The van der Waals surface area contributed by atoms with E-state index in [1.807, 2.05) is 22.9 Å². The minimum Gasteiger partial charge on any atom is -0.468 e. The second-order valence-corrected chi connectivity index (χ2v) is 6.41. The van der Waals surface area contributed by atoms with Crippen molar-refractivity contribution in [3.05, 3.63) is 42.1 Å². The molecular weight excluding hydrogens is 308 g/mol. The Hall–Kier alpha value is -2.12. The van der Waals surface area contributed by atoms with Gasteiger partial charge in [0.2, 0.25) is 5.91 Å². The number of hydrogen-bond acceptors (Lipinski definition) is 5. The normalized spacial score (nSPS) is 21.7. The minimum atomic E-state index is 0.0248. The van der Waals surface area contributed by atoms with E-state index in [1.165, 1.54) is 5.06 Å². The third-order valence-electron chi connectivity index (χ3n) is 4.60. The Bertz CT molecular complexity index is 676. The first kappa shape index (κ1) is 15.4. The van der Waals surface area contributed by atoms with Crippen LogP contribution in [0.5, 0.6) is 0 Å². The fourth-order valence-electron chi connectivity index (χ4n) is 3.46. The molecule has 2 aliphatic rings. The van der Waals surface area contributed by atoms with Crippen LogP contribution in [0.1, 0.15) is 36.8 Å². The molecule has 4 heterocycles. The number of carbonyl (C=O) groups excluding carboxylic acids is 1. The first-order valence-corrected chi connectivity index (χ1v) is 8.50. The predicted octanol–water partition coefficient (Wildman–Crippen LogP) is 1.98. The van der Waals surface area contributed by atoms with Gasteiger partial charge in [0, 0.05) is 25.8 Å². The lowest BCUT2D eigenvalue weighted by Crippen LogP contribution is -2.41. The van der Waals surface area contributed by atoms with Gasteiger partial charge < -0.3 is 4.42 Å². The summed E-state index contributed by atoms with van der Waals surface area (Å²) in [5.74, 6) is 0.980. The molecule has 7 nitrogen and oxygen atoms in total. The standard InChI is InChI=1S/C17H22N4O3/c22-17(20-7-1-2-9-24-20)10-15-12-19(13-16-4-3-8-23-16)11-14-5-6-18-21(14)15/h3-6,8,15H,1-2,7,9-13H2. The number of rotatable bonds is 4. The van der Waals surface area contributed by atoms with Crippen LogP contribution >= 0.6 is 0 Å². The highest BCUT2D eigenvalue weighted by Gasteiger charge is 2.30. The fraction of sp³-hybridized carbons (Fsp3) is 0.529. The molecule has 1 unspecified atom stereocenters. The fourth-order valence-corrected chi connectivity index (χ4v) is 3.46. The maximum absolute atomic E-state index is 12.5.